The second-order valence-corrected chi connectivity index (χ2v) is 14.9. The van der Waals surface area contributed by atoms with Crippen LogP contribution in [0.4, 0.5) is 0 Å². The summed E-state index contributed by atoms with van der Waals surface area (Å²) in [5, 5.41) is 32.9. The Hall–Kier alpha value is -2.94. The maximum absolute atomic E-state index is 11.0. The van der Waals surface area contributed by atoms with Gasteiger partial charge in [-0.25, -0.2) is 0 Å². The Morgan fingerprint density at radius 1 is 0.500 bits per heavy atom. The number of hydrogen-bond donors (Lipinski definition) is 3. The van der Waals surface area contributed by atoms with Gasteiger partial charge in [0, 0.05) is 5.92 Å². The minimum absolute atomic E-state index is 0.0236. The second kappa shape index (κ2) is 10.8. The highest BCUT2D eigenvalue weighted by Gasteiger charge is 2.34. The molecule has 0 heterocycles. The highest BCUT2D eigenvalue weighted by atomic mass is 16.3. The SMILES string of the molecule is CCC(c1cc(C(C)(C)C)c(O)cc1C)C(c1cc(C(C)(C)C)c(O)cc1C)c1cc(C(C)(C)C)c(O)cc1C. The van der Waals surface area contributed by atoms with E-state index in [1.165, 1.54) is 16.7 Å². The molecule has 3 heteroatoms. The molecule has 1 unspecified atom stereocenters. The van der Waals surface area contributed by atoms with Gasteiger partial charge < -0.3 is 15.3 Å². The van der Waals surface area contributed by atoms with Crippen molar-refractivity contribution < 1.29 is 15.3 Å². The zero-order valence-corrected chi connectivity index (χ0v) is 27.2. The maximum Gasteiger partial charge on any atom is 0.119 e. The Labute approximate surface area is 243 Å². The molecule has 3 nitrogen and oxygen atoms in total. The molecule has 0 saturated heterocycles. The lowest BCUT2D eigenvalue weighted by molar-refractivity contribution is 0.441. The lowest BCUT2D eigenvalue weighted by atomic mass is 9.69. The van der Waals surface area contributed by atoms with E-state index >= 15 is 0 Å². The van der Waals surface area contributed by atoms with Gasteiger partial charge in [0.25, 0.3) is 0 Å². The molecule has 0 aliphatic carbocycles. The third-order valence-electron chi connectivity index (χ3n) is 8.49. The van der Waals surface area contributed by atoms with Gasteiger partial charge in [-0.2, -0.15) is 0 Å². The minimum atomic E-state index is -0.229. The fourth-order valence-corrected chi connectivity index (χ4v) is 6.24. The summed E-state index contributed by atoms with van der Waals surface area (Å²) < 4.78 is 0. The van der Waals surface area contributed by atoms with Gasteiger partial charge in [-0.1, -0.05) is 87.4 Å². The van der Waals surface area contributed by atoms with Crippen LogP contribution in [0.1, 0.15) is 138 Å². The Morgan fingerprint density at radius 2 is 0.775 bits per heavy atom. The van der Waals surface area contributed by atoms with Crippen LogP contribution in [0.2, 0.25) is 0 Å². The Bertz CT molecular complexity index is 1320. The van der Waals surface area contributed by atoms with E-state index < -0.39 is 0 Å². The van der Waals surface area contributed by atoms with Crippen LogP contribution in [0.3, 0.4) is 0 Å². The van der Waals surface area contributed by atoms with E-state index in [1.807, 2.05) is 18.2 Å². The van der Waals surface area contributed by atoms with E-state index in [4.69, 9.17) is 0 Å². The van der Waals surface area contributed by atoms with E-state index in [1.54, 1.807) is 0 Å². The number of phenolic OH excluding ortho intramolecular Hbond substituents is 3. The average Bonchev–Trinajstić information content (AvgIpc) is 2.76. The van der Waals surface area contributed by atoms with Crippen molar-refractivity contribution in [1.29, 1.82) is 0 Å². The van der Waals surface area contributed by atoms with E-state index in [0.29, 0.717) is 17.2 Å². The Kier molecular flexibility index (Phi) is 8.53. The first kappa shape index (κ1) is 31.6. The molecule has 0 radical (unpaired) electrons. The molecule has 218 valence electrons. The number of benzene rings is 3. The first-order chi connectivity index (χ1) is 18.2. The van der Waals surface area contributed by atoms with Gasteiger partial charge in [-0.3, -0.25) is 0 Å². The molecule has 3 rings (SSSR count). The maximum atomic E-state index is 11.0. The van der Waals surface area contributed by atoms with Crippen LogP contribution in [-0.2, 0) is 16.2 Å². The van der Waals surface area contributed by atoms with Crippen LogP contribution in [0.5, 0.6) is 17.2 Å². The molecule has 0 bridgehead atoms. The van der Waals surface area contributed by atoms with E-state index in [-0.39, 0.29) is 28.1 Å². The molecule has 0 aliphatic rings. The van der Waals surface area contributed by atoms with Crippen LogP contribution >= 0.6 is 0 Å². The third-order valence-corrected chi connectivity index (χ3v) is 8.49. The monoisotopic (exact) mass is 544 g/mol. The van der Waals surface area contributed by atoms with Gasteiger partial charge in [-0.05, 0) is 118 Å². The molecule has 3 N–H and O–H groups in total. The van der Waals surface area contributed by atoms with Crippen molar-refractivity contribution in [3.63, 3.8) is 0 Å². The smallest absolute Gasteiger partial charge is 0.119 e. The van der Waals surface area contributed by atoms with E-state index in [0.717, 1.165) is 39.8 Å². The van der Waals surface area contributed by atoms with Crippen LogP contribution in [-0.4, -0.2) is 15.3 Å². The van der Waals surface area contributed by atoms with Crippen LogP contribution in [0.15, 0.2) is 36.4 Å². The van der Waals surface area contributed by atoms with Crippen molar-refractivity contribution in [2.45, 2.75) is 125 Å². The van der Waals surface area contributed by atoms with Crippen molar-refractivity contribution in [2.75, 3.05) is 0 Å². The van der Waals surface area contributed by atoms with Crippen molar-refractivity contribution in [3.05, 3.63) is 86.5 Å². The molecule has 40 heavy (non-hydrogen) atoms. The quantitative estimate of drug-likeness (QED) is 0.299. The van der Waals surface area contributed by atoms with Gasteiger partial charge in [0.05, 0.1) is 0 Å². The van der Waals surface area contributed by atoms with Gasteiger partial charge in [0.15, 0.2) is 0 Å². The molecule has 0 aliphatic heterocycles. The minimum Gasteiger partial charge on any atom is -0.508 e. The number of aromatic hydroxyl groups is 3. The predicted molar refractivity (Wildman–Crippen MR) is 170 cm³/mol. The molecular formula is C37H52O3. The van der Waals surface area contributed by atoms with Crippen molar-refractivity contribution in [1.82, 2.24) is 0 Å². The average molecular weight is 545 g/mol. The lowest BCUT2D eigenvalue weighted by Gasteiger charge is -2.35. The van der Waals surface area contributed by atoms with Crippen molar-refractivity contribution in [3.8, 4) is 17.2 Å². The van der Waals surface area contributed by atoms with E-state index in [2.05, 4.69) is 108 Å². The third kappa shape index (κ3) is 6.19. The van der Waals surface area contributed by atoms with Gasteiger partial charge in [-0.15, -0.1) is 0 Å². The van der Waals surface area contributed by atoms with Crippen LogP contribution in [0.25, 0.3) is 0 Å². The Morgan fingerprint density at radius 3 is 1.05 bits per heavy atom. The molecule has 1 atom stereocenters. The largest absolute Gasteiger partial charge is 0.508 e. The molecule has 3 aromatic carbocycles. The van der Waals surface area contributed by atoms with Crippen molar-refractivity contribution >= 4 is 0 Å². The normalized spacial score (nSPS) is 13.7. The molecule has 0 fully saturated rings. The predicted octanol–water partition coefficient (Wildman–Crippen LogP) is 9.95. The number of rotatable bonds is 5. The fourth-order valence-electron chi connectivity index (χ4n) is 6.24. The van der Waals surface area contributed by atoms with Crippen molar-refractivity contribution in [2.24, 2.45) is 0 Å². The standard InChI is InChI=1S/C37H52O3/c1-14-24(25-18-28(35(5,6)7)31(38)15-21(25)2)34(26-19-29(36(8,9)10)32(39)16-22(26)3)27-20-30(37(11,12)13)33(40)17-23(27)4/h15-20,24,34,38-40H,14H2,1-13H3. The zero-order chi connectivity index (χ0) is 30.5. The summed E-state index contributed by atoms with van der Waals surface area (Å²) in [6.07, 6.45) is 0.885. The fraction of sp³-hybridized carbons (Fsp3) is 0.514. The highest BCUT2D eigenvalue weighted by molar-refractivity contribution is 5.56. The van der Waals surface area contributed by atoms with Gasteiger partial charge in [0.1, 0.15) is 17.2 Å². The summed E-state index contributed by atoms with van der Waals surface area (Å²) in [6, 6.07) is 12.4. The van der Waals surface area contributed by atoms with E-state index in [9.17, 15) is 15.3 Å². The molecular weight excluding hydrogens is 492 g/mol. The highest BCUT2D eigenvalue weighted by Crippen LogP contribution is 2.49. The lowest BCUT2D eigenvalue weighted by Crippen LogP contribution is -2.21. The van der Waals surface area contributed by atoms with Gasteiger partial charge >= 0.3 is 0 Å². The second-order valence-electron chi connectivity index (χ2n) is 14.9. The van der Waals surface area contributed by atoms with Crippen LogP contribution < -0.4 is 0 Å². The number of aryl methyl sites for hydroxylation is 3. The number of phenols is 3. The topological polar surface area (TPSA) is 60.7 Å². The Balaban J connectivity index is 2.49. The molecule has 0 saturated carbocycles. The molecule has 0 aromatic heterocycles. The summed E-state index contributed by atoms with van der Waals surface area (Å²) in [4.78, 5) is 0. The number of hydrogen-bond acceptors (Lipinski definition) is 3. The first-order valence-electron chi connectivity index (χ1n) is 14.7. The molecule has 0 amide bonds. The first-order valence-corrected chi connectivity index (χ1v) is 14.7. The summed E-state index contributed by atoms with van der Waals surface area (Å²) >= 11 is 0. The summed E-state index contributed by atoms with van der Waals surface area (Å²) in [7, 11) is 0. The van der Waals surface area contributed by atoms with Crippen LogP contribution in [0, 0.1) is 20.8 Å². The summed E-state index contributed by atoms with van der Waals surface area (Å²) in [6.45, 7) is 27.7. The zero-order valence-electron chi connectivity index (χ0n) is 27.2. The molecule has 3 aromatic rings. The summed E-state index contributed by atoms with van der Waals surface area (Å²) in [5.41, 5.74) is 8.91. The van der Waals surface area contributed by atoms with Gasteiger partial charge in [0.2, 0.25) is 0 Å². The molecule has 0 spiro atoms. The summed E-state index contributed by atoms with van der Waals surface area (Å²) in [5.74, 6) is 1.08.